The Balaban J connectivity index is 2.27. The second-order valence-corrected chi connectivity index (χ2v) is 6.12. The third-order valence-corrected chi connectivity index (χ3v) is 3.96. The molecule has 0 bridgehead atoms. The van der Waals surface area contributed by atoms with Gasteiger partial charge in [-0.25, -0.2) is 0 Å². The number of rotatable bonds is 3. The van der Waals surface area contributed by atoms with Crippen molar-refractivity contribution in [1.29, 1.82) is 0 Å². The first-order chi connectivity index (χ1) is 10.9. The molecule has 0 aliphatic heterocycles. The fourth-order valence-electron chi connectivity index (χ4n) is 2.97. The van der Waals surface area contributed by atoms with E-state index in [9.17, 15) is 9.59 Å². The molecule has 0 aliphatic rings. The summed E-state index contributed by atoms with van der Waals surface area (Å²) >= 11 is 0. The number of fused-ring (bicyclic) bond motifs is 3. The normalized spacial score (nSPS) is 11.6. The first-order valence-electron chi connectivity index (χ1n) is 7.55. The molecule has 0 radical (unpaired) electrons. The number of carbonyl (C=O) groups excluding carboxylic acids is 2. The van der Waals surface area contributed by atoms with Gasteiger partial charge in [-0.3, -0.25) is 9.59 Å². The van der Waals surface area contributed by atoms with Crippen molar-refractivity contribution in [3.05, 3.63) is 60.2 Å². The largest absolute Gasteiger partial charge is 0.451 e. The zero-order valence-electron chi connectivity index (χ0n) is 13.4. The maximum Gasteiger partial charge on any atom is 0.303 e. The lowest BCUT2D eigenvalue weighted by Gasteiger charge is -2.24. The zero-order chi connectivity index (χ0) is 16.6. The van der Waals surface area contributed by atoms with Gasteiger partial charge < -0.3 is 4.74 Å². The summed E-state index contributed by atoms with van der Waals surface area (Å²) in [6.07, 6.45) is 0. The Bertz CT molecular complexity index is 922. The minimum absolute atomic E-state index is 0.199. The third-order valence-electron chi connectivity index (χ3n) is 3.96. The minimum Gasteiger partial charge on any atom is -0.451 e. The summed E-state index contributed by atoms with van der Waals surface area (Å²) in [5, 5.41) is 3.99. The molecular weight excluding hydrogens is 288 g/mol. The Morgan fingerprint density at radius 3 is 2.09 bits per heavy atom. The molecule has 0 saturated carbocycles. The van der Waals surface area contributed by atoms with Crippen LogP contribution in [0.2, 0.25) is 0 Å². The lowest BCUT2D eigenvalue weighted by Crippen LogP contribution is -2.36. The van der Waals surface area contributed by atoms with E-state index in [1.165, 1.54) is 6.92 Å². The molecule has 23 heavy (non-hydrogen) atoms. The first-order valence-corrected chi connectivity index (χ1v) is 7.55. The quantitative estimate of drug-likeness (QED) is 0.406. The topological polar surface area (TPSA) is 43.4 Å². The van der Waals surface area contributed by atoms with Crippen molar-refractivity contribution >= 4 is 33.3 Å². The van der Waals surface area contributed by atoms with E-state index in [1.54, 1.807) is 13.8 Å². The van der Waals surface area contributed by atoms with Crippen LogP contribution in [0.1, 0.15) is 31.1 Å². The summed E-state index contributed by atoms with van der Waals surface area (Å²) in [7, 11) is 0. The Labute approximate surface area is 134 Å². The van der Waals surface area contributed by atoms with Crippen molar-refractivity contribution in [1.82, 2.24) is 0 Å². The molecule has 0 heterocycles. The third kappa shape index (κ3) is 2.70. The van der Waals surface area contributed by atoms with Crippen molar-refractivity contribution < 1.29 is 14.3 Å². The Morgan fingerprint density at radius 1 is 0.870 bits per heavy atom. The van der Waals surface area contributed by atoms with E-state index in [0.29, 0.717) is 5.56 Å². The van der Waals surface area contributed by atoms with Crippen molar-refractivity contribution in [2.75, 3.05) is 0 Å². The number of ketones is 1. The number of Topliss-reactive ketones (excluding diaryl/α,β-unsaturated/α-hetero) is 1. The molecule has 0 spiro atoms. The summed E-state index contributed by atoms with van der Waals surface area (Å²) in [6, 6.07) is 17.6. The molecule has 116 valence electrons. The highest BCUT2D eigenvalue weighted by Gasteiger charge is 2.33. The predicted molar refractivity (Wildman–Crippen MR) is 91.6 cm³/mol. The van der Waals surface area contributed by atoms with Crippen molar-refractivity contribution in [2.45, 2.75) is 26.4 Å². The van der Waals surface area contributed by atoms with E-state index in [-0.39, 0.29) is 5.78 Å². The maximum atomic E-state index is 13.0. The van der Waals surface area contributed by atoms with Crippen LogP contribution in [0.5, 0.6) is 0 Å². The summed E-state index contributed by atoms with van der Waals surface area (Å²) in [5.74, 6) is -0.664. The van der Waals surface area contributed by atoms with Gasteiger partial charge in [-0.1, -0.05) is 48.5 Å². The van der Waals surface area contributed by atoms with Crippen LogP contribution in [0, 0.1) is 0 Å². The molecule has 0 fully saturated rings. The number of benzene rings is 3. The lowest BCUT2D eigenvalue weighted by molar-refractivity contribution is -0.149. The Morgan fingerprint density at radius 2 is 1.43 bits per heavy atom. The van der Waals surface area contributed by atoms with E-state index >= 15 is 0 Å². The van der Waals surface area contributed by atoms with Crippen molar-refractivity contribution in [3.63, 3.8) is 0 Å². The zero-order valence-corrected chi connectivity index (χ0v) is 13.4. The minimum atomic E-state index is -1.20. The molecule has 0 amide bonds. The van der Waals surface area contributed by atoms with Crippen LogP contribution in [0.15, 0.2) is 54.6 Å². The van der Waals surface area contributed by atoms with Crippen LogP contribution in [-0.4, -0.2) is 17.4 Å². The number of ether oxygens (including phenoxy) is 1. The van der Waals surface area contributed by atoms with E-state index in [2.05, 4.69) is 0 Å². The molecule has 3 aromatic rings. The molecule has 3 heteroatoms. The average Bonchev–Trinajstić information content (AvgIpc) is 2.52. The molecule has 0 unspecified atom stereocenters. The summed E-state index contributed by atoms with van der Waals surface area (Å²) in [6.45, 7) is 4.56. The molecule has 0 aromatic heterocycles. The van der Waals surface area contributed by atoms with Gasteiger partial charge in [0.15, 0.2) is 5.60 Å². The van der Waals surface area contributed by atoms with Gasteiger partial charge in [0.05, 0.1) is 0 Å². The van der Waals surface area contributed by atoms with Crippen LogP contribution in [-0.2, 0) is 9.53 Å². The summed E-state index contributed by atoms with van der Waals surface area (Å²) in [5.41, 5.74) is -0.623. The predicted octanol–water partition coefficient (Wildman–Crippen LogP) is 4.52. The highest BCUT2D eigenvalue weighted by atomic mass is 16.6. The van der Waals surface area contributed by atoms with Gasteiger partial charge in [-0.05, 0) is 41.5 Å². The fourth-order valence-corrected chi connectivity index (χ4v) is 2.97. The van der Waals surface area contributed by atoms with E-state index in [1.807, 2.05) is 54.6 Å². The van der Waals surface area contributed by atoms with E-state index < -0.39 is 11.6 Å². The highest BCUT2D eigenvalue weighted by Crippen LogP contribution is 2.31. The molecule has 3 nitrogen and oxygen atoms in total. The smallest absolute Gasteiger partial charge is 0.303 e. The van der Waals surface area contributed by atoms with Crippen molar-refractivity contribution in [3.8, 4) is 0 Å². The van der Waals surface area contributed by atoms with Gasteiger partial charge in [-0.15, -0.1) is 0 Å². The molecule has 0 N–H and O–H groups in total. The Hall–Kier alpha value is -2.68. The second kappa shape index (κ2) is 5.51. The van der Waals surface area contributed by atoms with Gasteiger partial charge in [0.1, 0.15) is 0 Å². The van der Waals surface area contributed by atoms with Crippen molar-refractivity contribution in [2.24, 2.45) is 0 Å². The van der Waals surface area contributed by atoms with Gasteiger partial charge in [0.2, 0.25) is 5.78 Å². The second-order valence-electron chi connectivity index (χ2n) is 6.12. The average molecular weight is 306 g/mol. The number of hydrogen-bond donors (Lipinski definition) is 0. The fraction of sp³-hybridized carbons (Fsp3) is 0.200. The Kier molecular flexibility index (Phi) is 3.64. The van der Waals surface area contributed by atoms with Crippen LogP contribution >= 0.6 is 0 Å². The van der Waals surface area contributed by atoms with Crippen LogP contribution in [0.4, 0.5) is 0 Å². The molecule has 0 atom stereocenters. The number of hydrogen-bond acceptors (Lipinski definition) is 3. The molecular formula is C20H18O3. The molecule has 0 saturated heterocycles. The maximum absolute atomic E-state index is 13.0. The van der Waals surface area contributed by atoms with Crippen LogP contribution in [0.25, 0.3) is 21.5 Å². The standard InChI is InChI=1S/C20H18O3/c1-13(21)23-20(2,3)19(22)18-12-14-8-4-5-9-15(14)16-10-6-7-11-17(16)18/h4-12H,1-3H3. The van der Waals surface area contributed by atoms with Crippen LogP contribution < -0.4 is 0 Å². The highest BCUT2D eigenvalue weighted by molar-refractivity contribution is 6.19. The molecule has 0 aliphatic carbocycles. The SMILES string of the molecule is CC(=O)OC(C)(C)C(=O)c1cc2ccccc2c2ccccc12. The van der Waals surface area contributed by atoms with Gasteiger partial charge in [0.25, 0.3) is 0 Å². The van der Waals surface area contributed by atoms with E-state index in [0.717, 1.165) is 21.5 Å². The summed E-state index contributed by atoms with van der Waals surface area (Å²) in [4.78, 5) is 24.3. The number of carbonyl (C=O) groups is 2. The van der Waals surface area contributed by atoms with Gasteiger partial charge >= 0.3 is 5.97 Å². The first kappa shape index (κ1) is 15.2. The van der Waals surface area contributed by atoms with Gasteiger partial charge in [0, 0.05) is 12.5 Å². The molecule has 3 rings (SSSR count). The number of esters is 1. The van der Waals surface area contributed by atoms with Crippen LogP contribution in [0.3, 0.4) is 0 Å². The van der Waals surface area contributed by atoms with E-state index in [4.69, 9.17) is 4.74 Å². The molecule has 3 aromatic carbocycles. The van der Waals surface area contributed by atoms with Gasteiger partial charge in [-0.2, -0.15) is 0 Å². The lowest BCUT2D eigenvalue weighted by atomic mass is 9.89. The summed E-state index contributed by atoms with van der Waals surface area (Å²) < 4.78 is 5.23. The monoisotopic (exact) mass is 306 g/mol.